The summed E-state index contributed by atoms with van der Waals surface area (Å²) in [7, 11) is 0. The van der Waals surface area contributed by atoms with E-state index in [-0.39, 0.29) is 5.91 Å². The highest BCUT2D eigenvalue weighted by Crippen LogP contribution is 2.17. The van der Waals surface area contributed by atoms with Gasteiger partial charge in [0.2, 0.25) is 0 Å². The molecule has 0 spiro atoms. The molecule has 1 aromatic heterocycles. The Morgan fingerprint density at radius 1 is 1.08 bits per heavy atom. The van der Waals surface area contributed by atoms with Gasteiger partial charge >= 0.3 is 0 Å². The lowest BCUT2D eigenvalue weighted by molar-refractivity contribution is 0.102. The fraction of sp³-hybridized carbons (Fsp3) is 0.263. The first kappa shape index (κ1) is 17.6. The molecule has 7 nitrogen and oxygen atoms in total. The number of carbonyl (C=O) groups excluding carboxylic acids is 1. The maximum Gasteiger partial charge on any atom is 0.255 e. The molecule has 0 saturated heterocycles. The number of tetrazole rings is 1. The fourth-order valence-electron chi connectivity index (χ4n) is 2.74. The number of hydrogen-bond acceptors (Lipinski definition) is 5. The molecule has 0 radical (unpaired) electrons. The van der Waals surface area contributed by atoms with E-state index in [0.29, 0.717) is 5.56 Å². The van der Waals surface area contributed by atoms with Crippen molar-refractivity contribution < 1.29 is 4.79 Å². The van der Waals surface area contributed by atoms with Gasteiger partial charge in [0.1, 0.15) is 6.33 Å². The number of nitrogens with one attached hydrogen (secondary N) is 1. The van der Waals surface area contributed by atoms with Crippen LogP contribution in [-0.2, 0) is 0 Å². The molecule has 0 aliphatic carbocycles. The van der Waals surface area contributed by atoms with E-state index in [1.54, 1.807) is 4.68 Å². The molecular weight excluding hydrogens is 328 g/mol. The Morgan fingerprint density at radius 2 is 1.81 bits per heavy atom. The van der Waals surface area contributed by atoms with E-state index in [4.69, 9.17) is 0 Å². The van der Waals surface area contributed by atoms with E-state index in [1.807, 2.05) is 48.5 Å². The Morgan fingerprint density at radius 3 is 2.38 bits per heavy atom. The maximum absolute atomic E-state index is 12.4. The van der Waals surface area contributed by atoms with Gasteiger partial charge < -0.3 is 10.2 Å². The van der Waals surface area contributed by atoms with Crippen LogP contribution in [0, 0.1) is 0 Å². The van der Waals surface area contributed by atoms with Crippen molar-refractivity contribution in [3.8, 4) is 5.69 Å². The molecule has 26 heavy (non-hydrogen) atoms. The second-order valence-electron chi connectivity index (χ2n) is 5.88. The Bertz CT molecular complexity index is 827. The van der Waals surface area contributed by atoms with Crippen LogP contribution in [0.4, 0.5) is 11.4 Å². The lowest BCUT2D eigenvalue weighted by atomic mass is 10.1. The van der Waals surface area contributed by atoms with Crippen LogP contribution in [0.25, 0.3) is 5.69 Å². The van der Waals surface area contributed by atoms with E-state index in [9.17, 15) is 4.79 Å². The minimum Gasteiger partial charge on any atom is -0.372 e. The number of hydrogen-bond donors (Lipinski definition) is 1. The number of amides is 1. The summed E-state index contributed by atoms with van der Waals surface area (Å²) in [4.78, 5) is 14.7. The van der Waals surface area contributed by atoms with Crippen LogP contribution in [-0.4, -0.2) is 39.2 Å². The van der Waals surface area contributed by atoms with E-state index >= 15 is 0 Å². The highest BCUT2D eigenvalue weighted by atomic mass is 16.1. The molecule has 134 valence electrons. The van der Waals surface area contributed by atoms with Gasteiger partial charge in [0.15, 0.2) is 0 Å². The van der Waals surface area contributed by atoms with Gasteiger partial charge in [-0.3, -0.25) is 4.79 Å². The zero-order valence-corrected chi connectivity index (χ0v) is 15.0. The summed E-state index contributed by atoms with van der Waals surface area (Å²) in [5.41, 5.74) is 3.31. The molecule has 0 bridgehead atoms. The summed E-state index contributed by atoms with van der Waals surface area (Å²) in [5.74, 6) is -0.134. The smallest absolute Gasteiger partial charge is 0.255 e. The number of benzene rings is 2. The zero-order chi connectivity index (χ0) is 18.4. The Balaban J connectivity index is 1.66. The summed E-state index contributed by atoms with van der Waals surface area (Å²) in [5, 5.41) is 13.9. The van der Waals surface area contributed by atoms with Crippen molar-refractivity contribution >= 4 is 17.3 Å². The zero-order valence-electron chi connectivity index (χ0n) is 15.0. The summed E-state index contributed by atoms with van der Waals surface area (Å²) in [6.45, 7) is 6.26. The summed E-state index contributed by atoms with van der Waals surface area (Å²) < 4.78 is 1.56. The van der Waals surface area contributed by atoms with Crippen LogP contribution in [0.2, 0.25) is 0 Å². The van der Waals surface area contributed by atoms with Gasteiger partial charge in [-0.15, -0.1) is 5.10 Å². The van der Waals surface area contributed by atoms with Gasteiger partial charge in [-0.2, -0.15) is 0 Å². The first-order chi connectivity index (χ1) is 12.7. The van der Waals surface area contributed by atoms with Crippen LogP contribution in [0.15, 0.2) is 54.9 Å². The molecule has 2 aromatic carbocycles. The third-order valence-corrected chi connectivity index (χ3v) is 4.11. The third kappa shape index (κ3) is 4.05. The number of aromatic nitrogens is 4. The van der Waals surface area contributed by atoms with E-state index in [1.165, 1.54) is 6.33 Å². The van der Waals surface area contributed by atoms with Gasteiger partial charge in [-0.25, -0.2) is 4.68 Å². The molecule has 1 N–H and O–H groups in total. The van der Waals surface area contributed by atoms with Crippen molar-refractivity contribution in [2.24, 2.45) is 0 Å². The van der Waals surface area contributed by atoms with Gasteiger partial charge in [0, 0.05) is 30.0 Å². The molecule has 0 aliphatic heterocycles. The summed E-state index contributed by atoms with van der Waals surface area (Å²) >= 11 is 0. The van der Waals surface area contributed by atoms with Gasteiger partial charge in [-0.1, -0.05) is 6.92 Å². The molecule has 0 atom stereocenters. The first-order valence-corrected chi connectivity index (χ1v) is 8.71. The molecule has 0 saturated carbocycles. The fourth-order valence-corrected chi connectivity index (χ4v) is 2.74. The monoisotopic (exact) mass is 350 g/mol. The molecule has 1 heterocycles. The van der Waals surface area contributed by atoms with E-state index in [0.717, 1.165) is 36.6 Å². The van der Waals surface area contributed by atoms with Crippen molar-refractivity contribution in [2.45, 2.75) is 20.3 Å². The van der Waals surface area contributed by atoms with Crippen LogP contribution in [0.3, 0.4) is 0 Å². The average Bonchev–Trinajstić information content (AvgIpc) is 3.21. The van der Waals surface area contributed by atoms with Crippen molar-refractivity contribution in [2.75, 3.05) is 23.3 Å². The predicted molar refractivity (Wildman–Crippen MR) is 102 cm³/mol. The molecule has 0 fully saturated rings. The predicted octanol–water partition coefficient (Wildman–Crippen LogP) is 3.15. The van der Waals surface area contributed by atoms with Crippen LogP contribution in [0.5, 0.6) is 0 Å². The molecule has 3 aromatic rings. The molecule has 0 aliphatic rings. The van der Waals surface area contributed by atoms with Crippen molar-refractivity contribution in [3.63, 3.8) is 0 Å². The highest BCUT2D eigenvalue weighted by molar-refractivity contribution is 6.04. The number of carbonyl (C=O) groups is 1. The third-order valence-electron chi connectivity index (χ3n) is 4.11. The molecule has 3 rings (SSSR count). The lowest BCUT2D eigenvalue weighted by Crippen LogP contribution is -2.23. The van der Waals surface area contributed by atoms with E-state index < -0.39 is 0 Å². The molecule has 1 amide bonds. The quantitative estimate of drug-likeness (QED) is 0.708. The van der Waals surface area contributed by atoms with Gasteiger partial charge in [-0.05, 0) is 72.3 Å². The van der Waals surface area contributed by atoms with Crippen LogP contribution >= 0.6 is 0 Å². The van der Waals surface area contributed by atoms with E-state index in [2.05, 4.69) is 39.6 Å². The number of anilines is 2. The van der Waals surface area contributed by atoms with Gasteiger partial charge in [0.25, 0.3) is 5.91 Å². The second-order valence-corrected chi connectivity index (χ2v) is 5.88. The molecule has 7 heteroatoms. The van der Waals surface area contributed by atoms with Crippen molar-refractivity contribution in [1.82, 2.24) is 20.2 Å². The average molecular weight is 350 g/mol. The van der Waals surface area contributed by atoms with Crippen LogP contribution < -0.4 is 10.2 Å². The van der Waals surface area contributed by atoms with Gasteiger partial charge in [0.05, 0.1) is 5.69 Å². The van der Waals surface area contributed by atoms with Crippen LogP contribution in [0.1, 0.15) is 30.6 Å². The standard InChI is InChI=1S/C19H22N6O/c1-3-13-24(4-2)17-9-5-15(6-10-17)19(26)21-16-7-11-18(12-8-16)25-14-20-22-23-25/h5-12,14H,3-4,13H2,1-2H3,(H,21,26). The number of rotatable bonds is 7. The first-order valence-electron chi connectivity index (χ1n) is 8.71. The normalized spacial score (nSPS) is 10.5. The highest BCUT2D eigenvalue weighted by Gasteiger charge is 2.08. The van der Waals surface area contributed by atoms with Crippen molar-refractivity contribution in [3.05, 3.63) is 60.4 Å². The number of nitrogens with zero attached hydrogens (tertiary/aromatic N) is 5. The summed E-state index contributed by atoms with van der Waals surface area (Å²) in [6.07, 6.45) is 2.62. The minimum absolute atomic E-state index is 0.134. The Hall–Kier alpha value is -3.22. The largest absolute Gasteiger partial charge is 0.372 e. The molecular formula is C19H22N6O. The maximum atomic E-state index is 12.4. The lowest BCUT2D eigenvalue weighted by Gasteiger charge is -2.22. The second kappa shape index (κ2) is 8.24. The van der Waals surface area contributed by atoms with Crippen molar-refractivity contribution in [1.29, 1.82) is 0 Å². The topological polar surface area (TPSA) is 75.9 Å². The Kier molecular flexibility index (Phi) is 5.58. The SMILES string of the molecule is CCCN(CC)c1ccc(C(=O)Nc2ccc(-n3cnnn3)cc2)cc1. The minimum atomic E-state index is -0.134. The molecule has 0 unspecified atom stereocenters. The Labute approximate surface area is 152 Å². The summed E-state index contributed by atoms with van der Waals surface area (Å²) in [6, 6.07) is 15.0.